The standard InChI is InChI=1S/C23H21ClF3N5O2/c24-15-5-4-8-18(13-15)32-20(23(25,26)27)19(14-28-32)21(33)31-11-9-17(10-12-31)30-22(34)29-16-6-2-1-3-7-16/h1-8,13-14,17H,9-12H2,(H2,29,30,34). The molecule has 0 spiro atoms. The first-order chi connectivity index (χ1) is 16.2. The van der Waals surface area contributed by atoms with E-state index in [0.29, 0.717) is 23.2 Å². The molecular formula is C23H21ClF3N5O2. The molecule has 1 aliphatic heterocycles. The van der Waals surface area contributed by atoms with Gasteiger partial charge in [-0.2, -0.15) is 18.3 Å². The van der Waals surface area contributed by atoms with Gasteiger partial charge in [0, 0.05) is 29.8 Å². The largest absolute Gasteiger partial charge is 0.434 e. The molecule has 1 fully saturated rings. The Labute approximate surface area is 198 Å². The van der Waals surface area contributed by atoms with Crippen LogP contribution in [0.5, 0.6) is 0 Å². The van der Waals surface area contributed by atoms with Gasteiger partial charge in [0.1, 0.15) is 0 Å². The highest BCUT2D eigenvalue weighted by molar-refractivity contribution is 6.30. The number of rotatable bonds is 4. The van der Waals surface area contributed by atoms with Crippen LogP contribution < -0.4 is 10.6 Å². The van der Waals surface area contributed by atoms with Crippen molar-refractivity contribution in [2.24, 2.45) is 0 Å². The van der Waals surface area contributed by atoms with Crippen molar-refractivity contribution in [2.75, 3.05) is 18.4 Å². The highest BCUT2D eigenvalue weighted by atomic mass is 35.5. The molecule has 3 aromatic rings. The number of nitrogens with zero attached hydrogens (tertiary/aromatic N) is 3. The van der Waals surface area contributed by atoms with Crippen LogP contribution in [0, 0.1) is 0 Å². The molecular weight excluding hydrogens is 471 g/mol. The Morgan fingerprint density at radius 1 is 1.03 bits per heavy atom. The Kier molecular flexibility index (Phi) is 6.78. The summed E-state index contributed by atoms with van der Waals surface area (Å²) in [6.45, 7) is 0.406. The summed E-state index contributed by atoms with van der Waals surface area (Å²) in [6.07, 6.45) is -3.04. The average Bonchev–Trinajstić information content (AvgIpc) is 3.26. The van der Waals surface area contributed by atoms with Crippen molar-refractivity contribution in [3.8, 4) is 5.69 Å². The van der Waals surface area contributed by atoms with Crippen LogP contribution in [-0.4, -0.2) is 45.8 Å². The molecule has 0 radical (unpaired) electrons. The monoisotopic (exact) mass is 491 g/mol. The second-order valence-corrected chi connectivity index (χ2v) is 8.26. The third-order valence-corrected chi connectivity index (χ3v) is 5.71. The number of amides is 3. The normalized spacial score (nSPS) is 14.6. The molecule has 7 nitrogen and oxygen atoms in total. The fourth-order valence-electron chi connectivity index (χ4n) is 3.85. The van der Waals surface area contributed by atoms with Crippen molar-refractivity contribution >= 4 is 29.2 Å². The van der Waals surface area contributed by atoms with Gasteiger partial charge >= 0.3 is 12.2 Å². The van der Waals surface area contributed by atoms with Gasteiger partial charge in [0.2, 0.25) is 0 Å². The summed E-state index contributed by atoms with van der Waals surface area (Å²) < 4.78 is 42.4. The number of hydrogen-bond acceptors (Lipinski definition) is 3. The summed E-state index contributed by atoms with van der Waals surface area (Å²) in [5.74, 6) is -0.757. The fourth-order valence-corrected chi connectivity index (χ4v) is 4.04. The van der Waals surface area contributed by atoms with Crippen LogP contribution in [0.4, 0.5) is 23.7 Å². The summed E-state index contributed by atoms with van der Waals surface area (Å²) >= 11 is 5.92. The molecule has 178 valence electrons. The topological polar surface area (TPSA) is 79.3 Å². The molecule has 4 rings (SSSR count). The number of nitrogens with one attached hydrogen (secondary N) is 2. The molecule has 1 saturated heterocycles. The van der Waals surface area contributed by atoms with E-state index >= 15 is 0 Å². The molecule has 0 bridgehead atoms. The lowest BCUT2D eigenvalue weighted by atomic mass is 10.0. The van der Waals surface area contributed by atoms with E-state index in [2.05, 4.69) is 15.7 Å². The number of carbonyl (C=O) groups excluding carboxylic acids is 2. The minimum absolute atomic E-state index is 0.103. The second-order valence-electron chi connectivity index (χ2n) is 7.83. The van der Waals surface area contributed by atoms with Crippen LogP contribution in [0.1, 0.15) is 28.9 Å². The molecule has 3 amide bonds. The number of urea groups is 1. The van der Waals surface area contributed by atoms with E-state index in [-0.39, 0.29) is 35.9 Å². The third-order valence-electron chi connectivity index (χ3n) is 5.47. The van der Waals surface area contributed by atoms with Gasteiger partial charge in [-0.3, -0.25) is 4.79 Å². The summed E-state index contributed by atoms with van der Waals surface area (Å²) in [7, 11) is 0. The number of halogens is 4. The average molecular weight is 492 g/mol. The van der Waals surface area contributed by atoms with Crippen LogP contribution in [0.25, 0.3) is 5.69 Å². The molecule has 1 aromatic heterocycles. The van der Waals surface area contributed by atoms with E-state index < -0.39 is 23.3 Å². The van der Waals surface area contributed by atoms with Gasteiger partial charge in [0.15, 0.2) is 5.69 Å². The van der Waals surface area contributed by atoms with Gasteiger partial charge in [-0.15, -0.1) is 0 Å². The summed E-state index contributed by atoms with van der Waals surface area (Å²) in [6, 6.07) is 14.2. The van der Waals surface area contributed by atoms with Gasteiger partial charge in [0.05, 0.1) is 17.4 Å². The quantitative estimate of drug-likeness (QED) is 0.541. The zero-order valence-corrected chi connectivity index (χ0v) is 18.6. The molecule has 0 saturated carbocycles. The van der Waals surface area contributed by atoms with E-state index in [0.717, 1.165) is 6.20 Å². The van der Waals surface area contributed by atoms with Gasteiger partial charge in [0.25, 0.3) is 5.91 Å². The molecule has 34 heavy (non-hydrogen) atoms. The van der Waals surface area contributed by atoms with Crippen LogP contribution in [-0.2, 0) is 6.18 Å². The second kappa shape index (κ2) is 9.76. The Hall–Kier alpha value is -3.53. The highest BCUT2D eigenvalue weighted by Crippen LogP contribution is 2.35. The molecule has 0 unspecified atom stereocenters. The first-order valence-electron chi connectivity index (χ1n) is 10.6. The summed E-state index contributed by atoms with van der Waals surface area (Å²) in [5.41, 5.74) is -0.932. The number of para-hydroxylation sites is 1. The molecule has 0 atom stereocenters. The van der Waals surface area contributed by atoms with Gasteiger partial charge in [-0.1, -0.05) is 35.9 Å². The van der Waals surface area contributed by atoms with Crippen molar-refractivity contribution in [1.82, 2.24) is 20.0 Å². The maximum Gasteiger partial charge on any atom is 0.434 e. The van der Waals surface area contributed by atoms with E-state index in [1.165, 1.54) is 29.2 Å². The van der Waals surface area contributed by atoms with E-state index in [1.54, 1.807) is 24.3 Å². The Balaban J connectivity index is 1.43. The number of benzene rings is 2. The molecule has 11 heteroatoms. The van der Waals surface area contributed by atoms with Crippen LogP contribution in [0.2, 0.25) is 5.02 Å². The molecule has 0 aliphatic carbocycles. The summed E-state index contributed by atoms with van der Waals surface area (Å²) in [4.78, 5) is 26.5. The molecule has 1 aliphatic rings. The van der Waals surface area contributed by atoms with Gasteiger partial charge < -0.3 is 15.5 Å². The zero-order valence-electron chi connectivity index (χ0n) is 17.8. The van der Waals surface area contributed by atoms with Crippen molar-refractivity contribution < 1.29 is 22.8 Å². The van der Waals surface area contributed by atoms with E-state index in [4.69, 9.17) is 11.6 Å². The van der Waals surface area contributed by atoms with Crippen molar-refractivity contribution in [2.45, 2.75) is 25.1 Å². The zero-order chi connectivity index (χ0) is 24.3. The highest BCUT2D eigenvalue weighted by Gasteiger charge is 2.41. The van der Waals surface area contributed by atoms with Crippen molar-refractivity contribution in [3.63, 3.8) is 0 Å². The van der Waals surface area contributed by atoms with Gasteiger partial charge in [-0.05, 0) is 43.2 Å². The Bertz CT molecular complexity index is 1170. The Morgan fingerprint density at radius 2 is 1.74 bits per heavy atom. The fraction of sp³-hybridized carbons (Fsp3) is 0.261. The first-order valence-corrected chi connectivity index (χ1v) is 10.9. The number of piperidine rings is 1. The minimum Gasteiger partial charge on any atom is -0.338 e. The van der Waals surface area contributed by atoms with E-state index in [1.807, 2.05) is 6.07 Å². The first kappa shape index (κ1) is 23.6. The van der Waals surface area contributed by atoms with Crippen LogP contribution in [0.15, 0.2) is 60.8 Å². The molecule has 2 aromatic carbocycles. The number of hydrogen-bond donors (Lipinski definition) is 2. The van der Waals surface area contributed by atoms with Crippen molar-refractivity contribution in [1.29, 1.82) is 0 Å². The number of anilines is 1. The van der Waals surface area contributed by atoms with Crippen LogP contribution >= 0.6 is 11.6 Å². The van der Waals surface area contributed by atoms with Crippen molar-refractivity contribution in [3.05, 3.63) is 77.1 Å². The minimum atomic E-state index is -4.81. The maximum atomic E-state index is 13.9. The lowest BCUT2D eigenvalue weighted by Gasteiger charge is -2.32. The number of likely N-dealkylation sites (tertiary alicyclic amines) is 1. The smallest absolute Gasteiger partial charge is 0.338 e. The van der Waals surface area contributed by atoms with Gasteiger partial charge in [-0.25, -0.2) is 9.48 Å². The maximum absolute atomic E-state index is 13.9. The number of aromatic nitrogens is 2. The SMILES string of the molecule is O=C(Nc1ccccc1)NC1CCN(C(=O)c2cnn(-c3cccc(Cl)c3)c2C(F)(F)F)CC1. The van der Waals surface area contributed by atoms with E-state index in [9.17, 15) is 22.8 Å². The third kappa shape index (κ3) is 5.33. The number of carbonyl (C=O) groups is 2. The predicted molar refractivity (Wildman–Crippen MR) is 121 cm³/mol. The molecule has 2 heterocycles. The van der Waals surface area contributed by atoms with Crippen LogP contribution in [0.3, 0.4) is 0 Å². The summed E-state index contributed by atoms with van der Waals surface area (Å²) in [5, 5.41) is 9.63. The Morgan fingerprint density at radius 3 is 2.38 bits per heavy atom. The molecule has 2 N–H and O–H groups in total. The predicted octanol–water partition coefficient (Wildman–Crippen LogP) is 4.97. The lowest BCUT2D eigenvalue weighted by molar-refractivity contribution is -0.143. The lowest BCUT2D eigenvalue weighted by Crippen LogP contribution is -2.47. The number of alkyl halides is 3.